The summed E-state index contributed by atoms with van der Waals surface area (Å²) in [5, 5.41) is 0. The summed E-state index contributed by atoms with van der Waals surface area (Å²) in [6.07, 6.45) is 31.0. The number of allylic oxidation sites excluding steroid dienone is 8. The first kappa shape index (κ1) is 40.0. The average molecular weight is 614 g/mol. The maximum atomic E-state index is 12.3. The van der Waals surface area contributed by atoms with Crippen LogP contribution in [0.25, 0.3) is 0 Å². The molecule has 0 aromatic heterocycles. The fourth-order valence-electron chi connectivity index (χ4n) is 3.72. The molecule has 0 saturated heterocycles. The summed E-state index contributed by atoms with van der Waals surface area (Å²) in [5.41, 5.74) is 5.25. The summed E-state index contributed by atoms with van der Waals surface area (Å²) in [5.74, 6) is -0.944. The number of phosphoric acid groups is 1. The van der Waals surface area contributed by atoms with Crippen LogP contribution in [0.3, 0.4) is 0 Å². The van der Waals surface area contributed by atoms with Gasteiger partial charge in [-0.25, -0.2) is 4.57 Å². The molecule has 0 saturated carbocycles. The van der Waals surface area contributed by atoms with Crippen LogP contribution in [0.4, 0.5) is 0 Å². The van der Waals surface area contributed by atoms with E-state index in [0.29, 0.717) is 6.42 Å². The number of hydrogen-bond acceptors (Lipinski definition) is 8. The predicted octanol–water partition coefficient (Wildman–Crippen LogP) is 7.65. The lowest BCUT2D eigenvalue weighted by atomic mass is 10.1. The zero-order valence-electron chi connectivity index (χ0n) is 26.0. The van der Waals surface area contributed by atoms with Gasteiger partial charge in [-0.15, -0.1) is 0 Å². The highest BCUT2D eigenvalue weighted by Gasteiger charge is 2.25. The second-order valence-corrected chi connectivity index (χ2v) is 11.4. The number of ether oxygens (including phenoxy) is 2. The molecule has 0 aliphatic rings. The molecule has 2 atom stereocenters. The van der Waals surface area contributed by atoms with E-state index in [9.17, 15) is 19.0 Å². The molecule has 0 fully saturated rings. The van der Waals surface area contributed by atoms with E-state index in [4.69, 9.17) is 19.7 Å². The fraction of sp³-hybridized carbons (Fsp3) is 0.688. The highest BCUT2D eigenvalue weighted by molar-refractivity contribution is 7.47. The Kier molecular flexibility index (Phi) is 27.7. The van der Waals surface area contributed by atoms with Crippen molar-refractivity contribution in [1.29, 1.82) is 0 Å². The first-order valence-corrected chi connectivity index (χ1v) is 17.1. The lowest BCUT2D eigenvalue weighted by Crippen LogP contribution is -2.29. The Hall–Kier alpha value is -2.03. The van der Waals surface area contributed by atoms with Crippen molar-refractivity contribution in [3.05, 3.63) is 48.6 Å². The monoisotopic (exact) mass is 613 g/mol. The van der Waals surface area contributed by atoms with E-state index in [-0.39, 0.29) is 32.6 Å². The third kappa shape index (κ3) is 28.1. The van der Waals surface area contributed by atoms with Crippen molar-refractivity contribution in [2.45, 2.75) is 116 Å². The van der Waals surface area contributed by atoms with Crippen LogP contribution in [-0.4, -0.2) is 49.3 Å². The van der Waals surface area contributed by atoms with Gasteiger partial charge in [0.15, 0.2) is 6.10 Å². The van der Waals surface area contributed by atoms with Gasteiger partial charge >= 0.3 is 19.8 Å². The van der Waals surface area contributed by atoms with E-state index in [2.05, 4.69) is 60.1 Å². The first-order chi connectivity index (χ1) is 20.3. The zero-order chi connectivity index (χ0) is 31.2. The van der Waals surface area contributed by atoms with Crippen molar-refractivity contribution in [2.24, 2.45) is 5.73 Å². The van der Waals surface area contributed by atoms with Gasteiger partial charge in [0.1, 0.15) is 6.61 Å². The van der Waals surface area contributed by atoms with Gasteiger partial charge in [0.05, 0.1) is 13.2 Å². The van der Waals surface area contributed by atoms with Crippen LogP contribution >= 0.6 is 7.82 Å². The number of carbonyl (C=O) groups is 2. The second kappa shape index (κ2) is 29.1. The van der Waals surface area contributed by atoms with Gasteiger partial charge in [0.2, 0.25) is 0 Å². The quantitative estimate of drug-likeness (QED) is 0.0395. The summed E-state index contributed by atoms with van der Waals surface area (Å²) in [4.78, 5) is 33.4. The highest BCUT2D eigenvalue weighted by Crippen LogP contribution is 2.43. The number of hydrogen-bond donors (Lipinski definition) is 2. The van der Waals surface area contributed by atoms with E-state index in [1.807, 2.05) is 0 Å². The number of esters is 2. The Morgan fingerprint density at radius 3 is 1.86 bits per heavy atom. The smallest absolute Gasteiger partial charge is 0.462 e. The van der Waals surface area contributed by atoms with E-state index >= 15 is 0 Å². The fourth-order valence-corrected chi connectivity index (χ4v) is 4.49. The predicted molar refractivity (Wildman–Crippen MR) is 169 cm³/mol. The van der Waals surface area contributed by atoms with E-state index in [0.717, 1.165) is 51.4 Å². The average Bonchev–Trinajstić information content (AvgIpc) is 2.98. The number of phosphoric ester groups is 1. The first-order valence-electron chi connectivity index (χ1n) is 15.6. The SMILES string of the molecule is CC/C=C\C/C=C\C/C=C\C/C=C\CCCCCCCCCCC(=O)OC(COC(=O)CC)COP(=O)(O)OCCN. The van der Waals surface area contributed by atoms with Crippen molar-refractivity contribution in [2.75, 3.05) is 26.4 Å². The minimum absolute atomic E-state index is 0.0487. The Balaban J connectivity index is 3.89. The summed E-state index contributed by atoms with van der Waals surface area (Å²) in [6, 6.07) is 0. The Labute approximate surface area is 254 Å². The number of rotatable bonds is 28. The number of unbranched alkanes of at least 4 members (excludes halogenated alkanes) is 8. The lowest BCUT2D eigenvalue weighted by molar-refractivity contribution is -0.161. The molecule has 0 bridgehead atoms. The van der Waals surface area contributed by atoms with Crippen molar-refractivity contribution < 1.29 is 37.6 Å². The van der Waals surface area contributed by atoms with Crippen molar-refractivity contribution in [3.8, 4) is 0 Å². The third-order valence-electron chi connectivity index (χ3n) is 6.03. The molecule has 0 radical (unpaired) electrons. The van der Waals surface area contributed by atoms with E-state index in [1.165, 1.54) is 25.7 Å². The molecule has 3 N–H and O–H groups in total. The summed E-state index contributed by atoms with van der Waals surface area (Å²) < 4.78 is 31.7. The van der Waals surface area contributed by atoms with Crippen molar-refractivity contribution in [3.63, 3.8) is 0 Å². The standard InChI is InChI=1S/C32H56NO8P/c1-3-5-6-7-8-9-10-11-12-13-14-15-16-17-18-19-20-21-22-23-24-25-32(35)41-30(28-38-31(34)4-2)29-40-42(36,37)39-27-26-33/h5-6,8-9,11-12,14-15,30H,3-4,7,10,13,16-29,33H2,1-2H3,(H,36,37)/b6-5-,9-8-,12-11-,15-14-. The summed E-state index contributed by atoms with van der Waals surface area (Å²) >= 11 is 0. The maximum Gasteiger partial charge on any atom is 0.472 e. The Morgan fingerprint density at radius 1 is 0.738 bits per heavy atom. The summed E-state index contributed by atoms with van der Waals surface area (Å²) in [6.45, 7) is 2.96. The third-order valence-corrected chi connectivity index (χ3v) is 7.02. The van der Waals surface area contributed by atoms with Gasteiger partial charge in [-0.1, -0.05) is 101 Å². The molecule has 0 aliphatic heterocycles. The zero-order valence-corrected chi connectivity index (χ0v) is 26.9. The van der Waals surface area contributed by atoms with E-state index in [1.54, 1.807) is 6.92 Å². The van der Waals surface area contributed by atoms with Crippen molar-refractivity contribution in [1.82, 2.24) is 0 Å². The molecular weight excluding hydrogens is 557 g/mol. The van der Waals surface area contributed by atoms with Gasteiger partial charge in [-0.3, -0.25) is 18.6 Å². The van der Waals surface area contributed by atoms with Crippen LogP contribution in [-0.2, 0) is 32.7 Å². The topological polar surface area (TPSA) is 134 Å². The van der Waals surface area contributed by atoms with Crippen LogP contribution in [0.5, 0.6) is 0 Å². The highest BCUT2D eigenvalue weighted by atomic mass is 31.2. The van der Waals surface area contributed by atoms with Crippen LogP contribution in [0.15, 0.2) is 48.6 Å². The van der Waals surface area contributed by atoms with Gasteiger partial charge in [0.25, 0.3) is 0 Å². The van der Waals surface area contributed by atoms with Crippen LogP contribution in [0.2, 0.25) is 0 Å². The molecule has 0 spiro atoms. The molecule has 0 aromatic rings. The van der Waals surface area contributed by atoms with Gasteiger partial charge in [0, 0.05) is 19.4 Å². The number of nitrogens with two attached hydrogens (primary N) is 1. The Bertz CT molecular complexity index is 840. The van der Waals surface area contributed by atoms with Gasteiger partial charge < -0.3 is 20.1 Å². The molecule has 2 unspecified atom stereocenters. The molecule has 0 rings (SSSR count). The number of carbonyl (C=O) groups excluding carboxylic acids is 2. The van der Waals surface area contributed by atoms with Crippen molar-refractivity contribution >= 4 is 19.8 Å². The van der Waals surface area contributed by atoms with Crippen LogP contribution < -0.4 is 5.73 Å². The maximum absolute atomic E-state index is 12.3. The summed E-state index contributed by atoms with van der Waals surface area (Å²) in [7, 11) is -4.34. The van der Waals surface area contributed by atoms with Gasteiger partial charge in [-0.05, 0) is 44.9 Å². The minimum Gasteiger partial charge on any atom is -0.462 e. The molecule has 0 aromatic carbocycles. The molecular formula is C32H56NO8P. The van der Waals surface area contributed by atoms with Crippen LogP contribution in [0.1, 0.15) is 110 Å². The Morgan fingerprint density at radius 2 is 1.29 bits per heavy atom. The lowest BCUT2D eigenvalue weighted by Gasteiger charge is -2.19. The second-order valence-electron chi connectivity index (χ2n) is 9.90. The molecule has 0 heterocycles. The minimum atomic E-state index is -4.34. The van der Waals surface area contributed by atoms with E-state index < -0.39 is 32.5 Å². The molecule has 10 heteroatoms. The molecule has 242 valence electrons. The molecule has 0 aliphatic carbocycles. The largest absolute Gasteiger partial charge is 0.472 e. The normalized spacial score (nSPS) is 14.3. The molecule has 9 nitrogen and oxygen atoms in total. The molecule has 42 heavy (non-hydrogen) atoms. The molecule has 0 amide bonds. The van der Waals surface area contributed by atoms with Gasteiger partial charge in [-0.2, -0.15) is 0 Å². The van der Waals surface area contributed by atoms with Crippen LogP contribution in [0, 0.1) is 0 Å².